The number of aromatic amines is 1. The Labute approximate surface area is 161 Å². The van der Waals surface area contributed by atoms with Crippen LogP contribution in [0.2, 0.25) is 0 Å². The van der Waals surface area contributed by atoms with E-state index in [1.54, 1.807) is 6.20 Å². The van der Waals surface area contributed by atoms with Gasteiger partial charge in [0.25, 0.3) is 0 Å². The summed E-state index contributed by atoms with van der Waals surface area (Å²) in [6.07, 6.45) is 1.75. The van der Waals surface area contributed by atoms with Crippen molar-refractivity contribution < 1.29 is 4.74 Å². The number of pyridine rings is 1. The van der Waals surface area contributed by atoms with Gasteiger partial charge in [-0.25, -0.2) is 0 Å². The van der Waals surface area contributed by atoms with Crippen LogP contribution in [-0.4, -0.2) is 25.0 Å². The molecule has 5 aromatic rings. The first-order valence-electron chi connectivity index (χ1n) is 8.97. The highest BCUT2D eigenvalue weighted by Gasteiger charge is 2.12. The summed E-state index contributed by atoms with van der Waals surface area (Å²) >= 11 is 0. The van der Waals surface area contributed by atoms with Crippen LogP contribution in [0.5, 0.6) is 5.88 Å². The van der Waals surface area contributed by atoms with Crippen molar-refractivity contribution in [1.82, 2.24) is 25.0 Å². The van der Waals surface area contributed by atoms with Crippen LogP contribution >= 0.6 is 0 Å². The van der Waals surface area contributed by atoms with Gasteiger partial charge < -0.3 is 10.1 Å². The molecule has 0 saturated carbocycles. The summed E-state index contributed by atoms with van der Waals surface area (Å²) in [6.45, 7) is 0.484. The SMILES string of the molecule is Cn1nc(OCc2ccccc2)c2ccc(Nc3n[nH]c4cccnc34)cc21. The number of hydrogen-bond donors (Lipinski definition) is 2. The Bertz CT molecular complexity index is 1260. The fourth-order valence-electron chi connectivity index (χ4n) is 3.21. The minimum Gasteiger partial charge on any atom is -0.471 e. The summed E-state index contributed by atoms with van der Waals surface area (Å²) in [5, 5.41) is 16.1. The number of anilines is 2. The topological polar surface area (TPSA) is 80.6 Å². The van der Waals surface area contributed by atoms with Crippen LogP contribution in [0, 0.1) is 0 Å². The molecule has 3 aromatic heterocycles. The smallest absolute Gasteiger partial charge is 0.241 e. The summed E-state index contributed by atoms with van der Waals surface area (Å²) in [6, 6.07) is 19.9. The van der Waals surface area contributed by atoms with Gasteiger partial charge in [0.1, 0.15) is 12.1 Å². The molecule has 7 heteroatoms. The van der Waals surface area contributed by atoms with E-state index in [2.05, 4.69) is 25.6 Å². The molecule has 0 aliphatic rings. The normalized spacial score (nSPS) is 11.2. The Hall–Kier alpha value is -3.87. The van der Waals surface area contributed by atoms with Gasteiger partial charge in [-0.2, -0.15) is 5.10 Å². The summed E-state index contributed by atoms with van der Waals surface area (Å²) < 4.78 is 7.77. The number of nitrogens with zero attached hydrogens (tertiary/aromatic N) is 4. The van der Waals surface area contributed by atoms with Crippen molar-refractivity contribution in [3.05, 3.63) is 72.4 Å². The second kappa shape index (κ2) is 6.70. The number of fused-ring (bicyclic) bond motifs is 2. The number of ether oxygens (including phenoxy) is 1. The first-order chi connectivity index (χ1) is 13.8. The molecule has 0 radical (unpaired) electrons. The van der Waals surface area contributed by atoms with Crippen molar-refractivity contribution in [1.29, 1.82) is 0 Å². The minimum atomic E-state index is 0.484. The average Bonchev–Trinajstić information content (AvgIpc) is 3.28. The highest BCUT2D eigenvalue weighted by atomic mass is 16.5. The van der Waals surface area contributed by atoms with Crippen molar-refractivity contribution in [2.75, 3.05) is 5.32 Å². The van der Waals surface area contributed by atoms with Crippen molar-refractivity contribution in [3.63, 3.8) is 0 Å². The second-order valence-corrected chi connectivity index (χ2v) is 6.53. The van der Waals surface area contributed by atoms with E-state index in [1.165, 1.54) is 0 Å². The van der Waals surface area contributed by atoms with E-state index in [0.29, 0.717) is 18.3 Å². The van der Waals surface area contributed by atoms with E-state index in [-0.39, 0.29) is 0 Å². The van der Waals surface area contributed by atoms with E-state index >= 15 is 0 Å². The van der Waals surface area contributed by atoms with Crippen LogP contribution in [0.3, 0.4) is 0 Å². The first kappa shape index (κ1) is 16.3. The number of rotatable bonds is 5. The predicted molar refractivity (Wildman–Crippen MR) is 109 cm³/mol. The molecule has 0 atom stereocenters. The third-order valence-electron chi connectivity index (χ3n) is 4.62. The molecule has 0 aliphatic carbocycles. The summed E-state index contributed by atoms with van der Waals surface area (Å²) in [7, 11) is 1.91. The molecule has 0 spiro atoms. The van der Waals surface area contributed by atoms with E-state index in [1.807, 2.05) is 72.4 Å². The van der Waals surface area contributed by atoms with Crippen LogP contribution in [0.1, 0.15) is 5.56 Å². The largest absolute Gasteiger partial charge is 0.471 e. The van der Waals surface area contributed by atoms with Crippen LogP contribution < -0.4 is 10.1 Å². The fourth-order valence-corrected chi connectivity index (χ4v) is 3.21. The number of H-pyrrole nitrogens is 1. The van der Waals surface area contributed by atoms with E-state index in [0.717, 1.165) is 33.2 Å². The maximum atomic E-state index is 5.95. The Morgan fingerprint density at radius 1 is 1.07 bits per heavy atom. The highest BCUT2D eigenvalue weighted by Crippen LogP contribution is 2.29. The number of aromatic nitrogens is 5. The summed E-state index contributed by atoms with van der Waals surface area (Å²) in [4.78, 5) is 4.38. The maximum absolute atomic E-state index is 5.95. The zero-order chi connectivity index (χ0) is 18.9. The molecule has 7 nitrogen and oxygen atoms in total. The summed E-state index contributed by atoms with van der Waals surface area (Å²) in [5.74, 6) is 1.32. The molecule has 0 bridgehead atoms. The van der Waals surface area contributed by atoms with Gasteiger partial charge in [0.05, 0.1) is 16.4 Å². The Kier molecular flexibility index (Phi) is 3.90. The molecule has 2 aromatic carbocycles. The lowest BCUT2D eigenvalue weighted by molar-refractivity contribution is 0.294. The molecule has 0 amide bonds. The lowest BCUT2D eigenvalue weighted by Crippen LogP contribution is -1.96. The first-order valence-corrected chi connectivity index (χ1v) is 8.97. The zero-order valence-corrected chi connectivity index (χ0v) is 15.3. The van der Waals surface area contributed by atoms with E-state index < -0.39 is 0 Å². The van der Waals surface area contributed by atoms with Gasteiger partial charge >= 0.3 is 0 Å². The molecular formula is C21H18N6O. The van der Waals surface area contributed by atoms with Crippen LogP contribution in [0.25, 0.3) is 21.9 Å². The third kappa shape index (κ3) is 2.92. The molecule has 0 aliphatic heterocycles. The molecule has 0 fully saturated rings. The second-order valence-electron chi connectivity index (χ2n) is 6.53. The molecule has 28 heavy (non-hydrogen) atoms. The zero-order valence-electron chi connectivity index (χ0n) is 15.3. The highest BCUT2D eigenvalue weighted by molar-refractivity contribution is 5.91. The number of benzene rings is 2. The standard InChI is InChI=1S/C21H18N6O/c1-27-18-12-15(23-20-19-17(24-25-20)8-5-11-22-19)9-10-16(18)21(26-27)28-13-14-6-3-2-4-7-14/h2-12H,13H2,1H3,(H2,23,24,25). The predicted octanol–water partition coefficient (Wildman–Crippen LogP) is 4.17. The maximum Gasteiger partial charge on any atom is 0.241 e. The minimum absolute atomic E-state index is 0.484. The van der Waals surface area contributed by atoms with Gasteiger partial charge in [-0.1, -0.05) is 30.3 Å². The Balaban J connectivity index is 1.42. The number of nitrogens with one attached hydrogen (secondary N) is 2. The molecule has 3 heterocycles. The molecule has 0 unspecified atom stereocenters. The lowest BCUT2D eigenvalue weighted by Gasteiger charge is -2.05. The Morgan fingerprint density at radius 3 is 2.86 bits per heavy atom. The van der Waals surface area contributed by atoms with Crippen molar-refractivity contribution in [2.24, 2.45) is 7.05 Å². The van der Waals surface area contributed by atoms with Crippen LogP contribution in [-0.2, 0) is 13.7 Å². The molecule has 138 valence electrons. The number of aryl methyl sites for hydroxylation is 1. The molecule has 5 rings (SSSR count). The van der Waals surface area contributed by atoms with Gasteiger partial charge in [-0.05, 0) is 35.9 Å². The van der Waals surface area contributed by atoms with Crippen LogP contribution in [0.15, 0.2) is 66.9 Å². The average molecular weight is 370 g/mol. The van der Waals surface area contributed by atoms with Crippen LogP contribution in [0.4, 0.5) is 11.5 Å². The molecule has 2 N–H and O–H groups in total. The van der Waals surface area contributed by atoms with Gasteiger partial charge in [0.15, 0.2) is 5.82 Å². The third-order valence-corrected chi connectivity index (χ3v) is 4.62. The molecular weight excluding hydrogens is 352 g/mol. The monoisotopic (exact) mass is 370 g/mol. The van der Waals surface area contributed by atoms with E-state index in [4.69, 9.17) is 4.74 Å². The number of hydrogen-bond acceptors (Lipinski definition) is 5. The van der Waals surface area contributed by atoms with Gasteiger partial charge in [0.2, 0.25) is 5.88 Å². The molecule has 0 saturated heterocycles. The lowest BCUT2D eigenvalue weighted by atomic mass is 10.2. The fraction of sp³-hybridized carbons (Fsp3) is 0.0952. The van der Waals surface area contributed by atoms with E-state index in [9.17, 15) is 0 Å². The van der Waals surface area contributed by atoms with Crippen molar-refractivity contribution in [3.8, 4) is 5.88 Å². The van der Waals surface area contributed by atoms with Crippen molar-refractivity contribution in [2.45, 2.75) is 6.61 Å². The van der Waals surface area contributed by atoms with Gasteiger partial charge in [-0.15, -0.1) is 5.10 Å². The van der Waals surface area contributed by atoms with Gasteiger partial charge in [-0.3, -0.25) is 14.8 Å². The van der Waals surface area contributed by atoms with Crippen molar-refractivity contribution >= 4 is 33.4 Å². The summed E-state index contributed by atoms with van der Waals surface area (Å²) in [5.41, 5.74) is 4.69. The quantitative estimate of drug-likeness (QED) is 0.485. The Morgan fingerprint density at radius 2 is 1.96 bits per heavy atom. The van der Waals surface area contributed by atoms with Gasteiger partial charge in [0, 0.05) is 18.9 Å².